The Hall–Kier alpha value is -1.46. The van der Waals surface area contributed by atoms with Gasteiger partial charge in [0.05, 0.1) is 12.8 Å². The summed E-state index contributed by atoms with van der Waals surface area (Å²) >= 11 is 3.50. The van der Waals surface area contributed by atoms with Crippen LogP contribution in [0.25, 0.3) is 11.3 Å². The van der Waals surface area contributed by atoms with E-state index in [1.54, 1.807) is 7.11 Å². The summed E-state index contributed by atoms with van der Waals surface area (Å²) in [6.07, 6.45) is 2.93. The summed E-state index contributed by atoms with van der Waals surface area (Å²) in [6, 6.07) is 7.86. The van der Waals surface area contributed by atoms with Gasteiger partial charge in [0.25, 0.3) is 0 Å². The van der Waals surface area contributed by atoms with Gasteiger partial charge in [0, 0.05) is 28.7 Å². The van der Waals surface area contributed by atoms with Gasteiger partial charge >= 0.3 is 0 Å². The van der Waals surface area contributed by atoms with Crippen LogP contribution in [0.15, 0.2) is 34.9 Å². The van der Waals surface area contributed by atoms with Gasteiger partial charge in [0.2, 0.25) is 0 Å². The zero-order chi connectivity index (χ0) is 13.9. The summed E-state index contributed by atoms with van der Waals surface area (Å²) < 4.78 is 6.44. The van der Waals surface area contributed by atoms with Gasteiger partial charge in [-0.1, -0.05) is 15.9 Å². The van der Waals surface area contributed by atoms with Crippen LogP contribution in [0.1, 0.15) is 18.2 Å². The molecule has 1 atom stereocenters. The quantitative estimate of drug-likeness (QED) is 0.937. The summed E-state index contributed by atoms with van der Waals surface area (Å²) in [7, 11) is 1.68. The van der Waals surface area contributed by atoms with Crippen LogP contribution in [0.2, 0.25) is 0 Å². The molecule has 1 aromatic heterocycles. The summed E-state index contributed by atoms with van der Waals surface area (Å²) in [6.45, 7) is 2.00. The Balaban J connectivity index is 2.01. The minimum absolute atomic E-state index is 0.410. The normalized spacial score (nSPS) is 18.2. The number of benzene rings is 1. The van der Waals surface area contributed by atoms with Crippen molar-refractivity contribution in [2.45, 2.75) is 12.3 Å². The second-order valence-corrected chi connectivity index (χ2v) is 5.75. The molecule has 1 fully saturated rings. The van der Waals surface area contributed by atoms with Crippen LogP contribution in [0, 0.1) is 0 Å². The lowest BCUT2D eigenvalue weighted by Gasteiger charge is -2.11. The predicted octanol–water partition coefficient (Wildman–Crippen LogP) is 2.99. The summed E-state index contributed by atoms with van der Waals surface area (Å²) in [5.74, 6) is 2.14. The Bertz CT molecular complexity index is 612. The molecule has 4 nitrogen and oxygen atoms in total. The fourth-order valence-electron chi connectivity index (χ4n) is 2.48. The van der Waals surface area contributed by atoms with Gasteiger partial charge < -0.3 is 10.1 Å². The predicted molar refractivity (Wildman–Crippen MR) is 81.9 cm³/mol. The molecule has 1 saturated heterocycles. The van der Waals surface area contributed by atoms with Gasteiger partial charge in [0.15, 0.2) is 0 Å². The molecule has 1 aromatic carbocycles. The molecular weight excluding hydrogens is 318 g/mol. The zero-order valence-corrected chi connectivity index (χ0v) is 12.9. The van der Waals surface area contributed by atoms with E-state index in [9.17, 15) is 0 Å². The van der Waals surface area contributed by atoms with Crippen LogP contribution in [-0.4, -0.2) is 30.2 Å². The number of hydrogen-bond donors (Lipinski definition) is 1. The van der Waals surface area contributed by atoms with Crippen LogP contribution < -0.4 is 10.1 Å². The minimum Gasteiger partial charge on any atom is -0.496 e. The highest BCUT2D eigenvalue weighted by atomic mass is 79.9. The largest absolute Gasteiger partial charge is 0.496 e. The highest BCUT2D eigenvalue weighted by Gasteiger charge is 2.20. The highest BCUT2D eigenvalue weighted by molar-refractivity contribution is 9.10. The number of rotatable bonds is 3. The van der Waals surface area contributed by atoms with Crippen LogP contribution in [-0.2, 0) is 0 Å². The molecule has 0 bridgehead atoms. The molecule has 3 rings (SSSR count). The monoisotopic (exact) mass is 333 g/mol. The number of nitrogens with zero attached hydrogens (tertiary/aromatic N) is 2. The van der Waals surface area contributed by atoms with Gasteiger partial charge in [-0.05, 0) is 37.2 Å². The standard InChI is InChI=1S/C15H16BrN3O/c1-20-14-3-2-11(16)8-12(14)13-5-7-18-15(19-13)10-4-6-17-9-10/h2-3,5,7-8,10,17H,4,6,9H2,1H3. The molecule has 2 aromatic rings. The molecule has 5 heteroatoms. The molecule has 0 amide bonds. The maximum absolute atomic E-state index is 5.43. The van der Waals surface area contributed by atoms with Crippen molar-refractivity contribution in [2.75, 3.05) is 20.2 Å². The van der Waals surface area contributed by atoms with E-state index in [1.807, 2.05) is 30.5 Å². The Morgan fingerprint density at radius 3 is 3.00 bits per heavy atom. The first-order chi connectivity index (χ1) is 9.78. The van der Waals surface area contributed by atoms with E-state index >= 15 is 0 Å². The number of halogens is 1. The lowest BCUT2D eigenvalue weighted by molar-refractivity contribution is 0.416. The van der Waals surface area contributed by atoms with Gasteiger partial charge in [0.1, 0.15) is 11.6 Å². The van der Waals surface area contributed by atoms with E-state index in [2.05, 4.69) is 26.2 Å². The first-order valence-corrected chi connectivity index (χ1v) is 7.45. The smallest absolute Gasteiger partial charge is 0.133 e. The molecular formula is C15H16BrN3O. The minimum atomic E-state index is 0.410. The lowest BCUT2D eigenvalue weighted by atomic mass is 10.1. The van der Waals surface area contributed by atoms with E-state index in [0.717, 1.165) is 46.8 Å². The van der Waals surface area contributed by atoms with Crippen molar-refractivity contribution < 1.29 is 4.74 Å². The average molecular weight is 334 g/mol. The molecule has 0 radical (unpaired) electrons. The third kappa shape index (κ3) is 2.69. The molecule has 104 valence electrons. The van der Waals surface area contributed by atoms with Gasteiger partial charge in [-0.3, -0.25) is 0 Å². The number of hydrogen-bond acceptors (Lipinski definition) is 4. The zero-order valence-electron chi connectivity index (χ0n) is 11.3. The number of methoxy groups -OCH3 is 1. The SMILES string of the molecule is COc1ccc(Br)cc1-c1ccnc(C2CCNC2)n1. The third-order valence-corrected chi connectivity index (χ3v) is 4.03. The Kier molecular flexibility index (Phi) is 3.98. The van der Waals surface area contributed by atoms with Crippen LogP contribution >= 0.6 is 15.9 Å². The van der Waals surface area contributed by atoms with E-state index in [0.29, 0.717) is 5.92 Å². The lowest BCUT2D eigenvalue weighted by Crippen LogP contribution is -2.10. The summed E-state index contributed by atoms with van der Waals surface area (Å²) in [5.41, 5.74) is 1.89. The van der Waals surface area contributed by atoms with E-state index in [4.69, 9.17) is 9.72 Å². The summed E-state index contributed by atoms with van der Waals surface area (Å²) in [5, 5.41) is 3.35. The van der Waals surface area contributed by atoms with E-state index in [1.165, 1.54) is 0 Å². The molecule has 1 unspecified atom stereocenters. The fourth-order valence-corrected chi connectivity index (χ4v) is 2.84. The van der Waals surface area contributed by atoms with Gasteiger partial charge in [-0.15, -0.1) is 0 Å². The van der Waals surface area contributed by atoms with Gasteiger partial charge in [-0.2, -0.15) is 0 Å². The molecule has 1 N–H and O–H groups in total. The van der Waals surface area contributed by atoms with Crippen molar-refractivity contribution in [1.29, 1.82) is 0 Å². The molecule has 20 heavy (non-hydrogen) atoms. The molecule has 1 aliphatic heterocycles. The number of aromatic nitrogens is 2. The topological polar surface area (TPSA) is 47.0 Å². The van der Waals surface area contributed by atoms with Crippen LogP contribution in [0.4, 0.5) is 0 Å². The number of ether oxygens (including phenoxy) is 1. The van der Waals surface area contributed by atoms with E-state index < -0.39 is 0 Å². The highest BCUT2D eigenvalue weighted by Crippen LogP contribution is 2.32. The van der Waals surface area contributed by atoms with Crippen LogP contribution in [0.3, 0.4) is 0 Å². The van der Waals surface area contributed by atoms with Crippen molar-refractivity contribution in [3.05, 3.63) is 40.8 Å². The van der Waals surface area contributed by atoms with Crippen LogP contribution in [0.5, 0.6) is 5.75 Å². The molecule has 0 aliphatic carbocycles. The van der Waals surface area contributed by atoms with Crippen molar-refractivity contribution in [2.24, 2.45) is 0 Å². The first kappa shape index (κ1) is 13.5. The maximum Gasteiger partial charge on any atom is 0.133 e. The second kappa shape index (κ2) is 5.89. The Morgan fingerprint density at radius 2 is 2.25 bits per heavy atom. The molecule has 2 heterocycles. The maximum atomic E-state index is 5.43. The first-order valence-electron chi connectivity index (χ1n) is 6.65. The molecule has 0 spiro atoms. The van der Waals surface area contributed by atoms with E-state index in [-0.39, 0.29) is 0 Å². The van der Waals surface area contributed by atoms with Crippen molar-refractivity contribution >= 4 is 15.9 Å². The molecule has 0 saturated carbocycles. The van der Waals surface area contributed by atoms with Crippen molar-refractivity contribution in [1.82, 2.24) is 15.3 Å². The summed E-state index contributed by atoms with van der Waals surface area (Å²) in [4.78, 5) is 9.14. The van der Waals surface area contributed by atoms with Crippen molar-refractivity contribution in [3.63, 3.8) is 0 Å². The fraction of sp³-hybridized carbons (Fsp3) is 0.333. The number of nitrogens with one attached hydrogen (secondary N) is 1. The Labute approximate surface area is 126 Å². The van der Waals surface area contributed by atoms with Crippen molar-refractivity contribution in [3.8, 4) is 17.0 Å². The Morgan fingerprint density at radius 1 is 1.35 bits per heavy atom. The second-order valence-electron chi connectivity index (χ2n) is 4.83. The van der Waals surface area contributed by atoms with Gasteiger partial charge in [-0.25, -0.2) is 9.97 Å². The third-order valence-electron chi connectivity index (χ3n) is 3.54. The average Bonchev–Trinajstić information content (AvgIpc) is 3.01. The molecule has 1 aliphatic rings.